The molecule has 0 spiro atoms. The van der Waals surface area contributed by atoms with Crippen LogP contribution in [0.2, 0.25) is 0 Å². The molecule has 5 rings (SSSR count). The van der Waals surface area contributed by atoms with Gasteiger partial charge in [0.1, 0.15) is 11.4 Å². The maximum absolute atomic E-state index is 12.7. The molecule has 3 aliphatic rings. The van der Waals surface area contributed by atoms with Gasteiger partial charge in [0, 0.05) is 32.7 Å². The molecular formula is C26H30N6O. The SMILES string of the molecule is C=Nc1c(N2CCc3ccccc3C2)nc(=O)[nH]c1C(=NCC)N1CCC2=C(CCC=C2)C1. The van der Waals surface area contributed by atoms with Crippen molar-refractivity contribution in [1.82, 2.24) is 14.9 Å². The van der Waals surface area contributed by atoms with Crippen LogP contribution in [0, 0.1) is 0 Å². The molecule has 3 heterocycles. The van der Waals surface area contributed by atoms with Gasteiger partial charge in [-0.15, -0.1) is 0 Å². The molecule has 7 nitrogen and oxygen atoms in total. The lowest BCUT2D eigenvalue weighted by Gasteiger charge is -2.35. The van der Waals surface area contributed by atoms with E-state index in [4.69, 9.17) is 4.99 Å². The van der Waals surface area contributed by atoms with Crippen LogP contribution in [-0.2, 0) is 13.0 Å². The molecule has 0 unspecified atom stereocenters. The van der Waals surface area contributed by atoms with E-state index in [0.29, 0.717) is 30.3 Å². The average Bonchev–Trinajstić information content (AvgIpc) is 2.86. The van der Waals surface area contributed by atoms with Crippen LogP contribution in [0.15, 0.2) is 62.3 Å². The van der Waals surface area contributed by atoms with E-state index < -0.39 is 0 Å². The molecule has 0 radical (unpaired) electrons. The maximum atomic E-state index is 12.7. The van der Waals surface area contributed by atoms with Crippen LogP contribution in [-0.4, -0.2) is 53.6 Å². The van der Waals surface area contributed by atoms with Crippen molar-refractivity contribution in [3.05, 3.63) is 74.9 Å². The van der Waals surface area contributed by atoms with Gasteiger partial charge < -0.3 is 14.8 Å². The molecule has 7 heteroatoms. The van der Waals surface area contributed by atoms with Gasteiger partial charge in [-0.3, -0.25) is 9.98 Å². The number of benzene rings is 1. The fourth-order valence-corrected chi connectivity index (χ4v) is 5.10. The van der Waals surface area contributed by atoms with Crippen LogP contribution in [0.4, 0.5) is 11.5 Å². The lowest BCUT2D eigenvalue weighted by atomic mass is 9.92. The van der Waals surface area contributed by atoms with Crippen LogP contribution in [0.1, 0.15) is 43.0 Å². The molecule has 33 heavy (non-hydrogen) atoms. The molecule has 0 saturated carbocycles. The highest BCUT2D eigenvalue weighted by Crippen LogP contribution is 2.34. The number of hydrogen-bond acceptors (Lipinski definition) is 5. The summed E-state index contributed by atoms with van der Waals surface area (Å²) >= 11 is 0. The van der Waals surface area contributed by atoms with E-state index in [0.717, 1.165) is 51.2 Å². The minimum Gasteiger partial charge on any atom is -0.351 e. The second kappa shape index (κ2) is 9.17. The third-order valence-corrected chi connectivity index (χ3v) is 6.73. The van der Waals surface area contributed by atoms with E-state index in [1.165, 1.54) is 22.3 Å². The summed E-state index contributed by atoms with van der Waals surface area (Å²) < 4.78 is 0. The minimum atomic E-state index is -0.382. The molecule has 0 bridgehead atoms. The van der Waals surface area contributed by atoms with Crippen molar-refractivity contribution in [3.8, 4) is 0 Å². The number of fused-ring (bicyclic) bond motifs is 1. The zero-order chi connectivity index (χ0) is 22.8. The Labute approximate surface area is 194 Å². The molecule has 1 aromatic carbocycles. The molecule has 0 saturated heterocycles. The lowest BCUT2D eigenvalue weighted by Crippen LogP contribution is -2.40. The van der Waals surface area contributed by atoms with Crippen molar-refractivity contribution >= 4 is 24.1 Å². The molecular weight excluding hydrogens is 412 g/mol. The van der Waals surface area contributed by atoms with Crippen LogP contribution in [0.5, 0.6) is 0 Å². The van der Waals surface area contributed by atoms with E-state index in [-0.39, 0.29) is 5.69 Å². The molecule has 0 fully saturated rings. The van der Waals surface area contributed by atoms with Crippen molar-refractivity contribution in [2.24, 2.45) is 9.98 Å². The van der Waals surface area contributed by atoms with Crippen LogP contribution >= 0.6 is 0 Å². The van der Waals surface area contributed by atoms with Crippen molar-refractivity contribution in [2.75, 3.05) is 31.1 Å². The number of aliphatic imine (C=N–C) groups is 2. The first-order valence-electron chi connectivity index (χ1n) is 11.8. The number of H-pyrrole nitrogens is 1. The highest BCUT2D eigenvalue weighted by Gasteiger charge is 2.28. The number of aromatic amines is 1. The molecule has 0 atom stereocenters. The maximum Gasteiger partial charge on any atom is 0.347 e. The summed E-state index contributed by atoms with van der Waals surface area (Å²) in [6, 6.07) is 8.43. The topological polar surface area (TPSA) is 77.0 Å². The summed E-state index contributed by atoms with van der Waals surface area (Å²) in [6.07, 6.45) is 8.58. The van der Waals surface area contributed by atoms with E-state index >= 15 is 0 Å². The summed E-state index contributed by atoms with van der Waals surface area (Å²) in [5.41, 5.74) is 6.36. The van der Waals surface area contributed by atoms with Gasteiger partial charge in [0.2, 0.25) is 0 Å². The van der Waals surface area contributed by atoms with Crippen molar-refractivity contribution < 1.29 is 0 Å². The standard InChI is InChI=1S/C26H30N6O/c1-3-28-24(31-14-12-18-8-4-6-10-20(18)16-31)23-22(27-2)25(30-26(33)29-23)32-15-13-19-9-5-7-11-21(19)17-32/h4-5,7-9,11H,2-3,6,10,12-17H2,1H3,(H,29,30,33). The van der Waals surface area contributed by atoms with E-state index in [9.17, 15) is 4.79 Å². The Hall–Kier alpha value is -3.48. The zero-order valence-electron chi connectivity index (χ0n) is 19.2. The second-order valence-corrected chi connectivity index (χ2v) is 8.73. The number of allylic oxidation sites excluding steroid dienone is 2. The highest BCUT2D eigenvalue weighted by atomic mass is 16.1. The predicted molar refractivity (Wildman–Crippen MR) is 134 cm³/mol. The monoisotopic (exact) mass is 442 g/mol. The third-order valence-electron chi connectivity index (χ3n) is 6.73. The first kappa shape index (κ1) is 21.4. The van der Waals surface area contributed by atoms with Gasteiger partial charge in [0.25, 0.3) is 0 Å². The molecule has 1 aromatic heterocycles. The number of nitrogens with zero attached hydrogens (tertiary/aromatic N) is 5. The summed E-state index contributed by atoms with van der Waals surface area (Å²) in [6.45, 7) is 9.63. The first-order valence-corrected chi connectivity index (χ1v) is 11.8. The third kappa shape index (κ3) is 4.15. The Morgan fingerprint density at radius 2 is 2.00 bits per heavy atom. The summed E-state index contributed by atoms with van der Waals surface area (Å²) in [4.78, 5) is 33.6. The Kier molecular flexibility index (Phi) is 5.94. The summed E-state index contributed by atoms with van der Waals surface area (Å²) in [5, 5.41) is 0. The smallest absolute Gasteiger partial charge is 0.347 e. The fourth-order valence-electron chi connectivity index (χ4n) is 5.10. The van der Waals surface area contributed by atoms with Gasteiger partial charge in [0.05, 0.1) is 0 Å². The average molecular weight is 443 g/mol. The number of aromatic nitrogens is 2. The van der Waals surface area contributed by atoms with Crippen LogP contribution in [0.25, 0.3) is 0 Å². The quantitative estimate of drug-likeness (QED) is 0.577. The number of hydrogen-bond donors (Lipinski definition) is 1. The second-order valence-electron chi connectivity index (χ2n) is 8.73. The predicted octanol–water partition coefficient (Wildman–Crippen LogP) is 3.78. The molecule has 2 aromatic rings. The van der Waals surface area contributed by atoms with Crippen molar-refractivity contribution in [1.29, 1.82) is 0 Å². The largest absolute Gasteiger partial charge is 0.351 e. The number of amidine groups is 1. The Bertz CT molecular complexity index is 1220. The van der Waals surface area contributed by atoms with Crippen LogP contribution in [0.3, 0.4) is 0 Å². The molecule has 170 valence electrons. The van der Waals surface area contributed by atoms with E-state index in [1.54, 1.807) is 0 Å². The molecule has 0 amide bonds. The van der Waals surface area contributed by atoms with Gasteiger partial charge in [-0.1, -0.05) is 36.4 Å². The summed E-state index contributed by atoms with van der Waals surface area (Å²) in [7, 11) is 0. The molecule has 1 N–H and O–H groups in total. The molecule has 1 aliphatic carbocycles. The molecule has 2 aliphatic heterocycles. The zero-order valence-corrected chi connectivity index (χ0v) is 19.2. The first-order chi connectivity index (χ1) is 16.2. The van der Waals surface area contributed by atoms with Gasteiger partial charge in [0.15, 0.2) is 11.7 Å². The fraction of sp³-hybridized carbons (Fsp3) is 0.385. The van der Waals surface area contributed by atoms with Gasteiger partial charge >= 0.3 is 5.69 Å². The summed E-state index contributed by atoms with van der Waals surface area (Å²) in [5.74, 6) is 1.36. The van der Waals surface area contributed by atoms with Crippen molar-refractivity contribution in [3.63, 3.8) is 0 Å². The Morgan fingerprint density at radius 3 is 2.82 bits per heavy atom. The normalized spacial score (nSPS) is 18.3. The van der Waals surface area contributed by atoms with Gasteiger partial charge in [-0.05, 0) is 61.6 Å². The highest BCUT2D eigenvalue weighted by molar-refractivity contribution is 6.03. The van der Waals surface area contributed by atoms with Crippen molar-refractivity contribution in [2.45, 2.75) is 39.2 Å². The van der Waals surface area contributed by atoms with E-state index in [2.05, 4.69) is 67.9 Å². The number of anilines is 1. The van der Waals surface area contributed by atoms with Gasteiger partial charge in [-0.25, -0.2) is 4.79 Å². The number of nitrogens with one attached hydrogen (secondary N) is 1. The minimum absolute atomic E-state index is 0.382. The van der Waals surface area contributed by atoms with Gasteiger partial charge in [-0.2, -0.15) is 4.98 Å². The Morgan fingerprint density at radius 1 is 1.15 bits per heavy atom. The Balaban J connectivity index is 1.54. The van der Waals surface area contributed by atoms with Crippen LogP contribution < -0.4 is 10.6 Å². The number of rotatable bonds is 4. The lowest BCUT2D eigenvalue weighted by molar-refractivity contribution is 0.423. The van der Waals surface area contributed by atoms with E-state index in [1.807, 2.05) is 6.92 Å².